The van der Waals surface area contributed by atoms with Gasteiger partial charge >= 0.3 is 0 Å². The van der Waals surface area contributed by atoms with Crippen LogP contribution >= 0.6 is 0 Å². The van der Waals surface area contributed by atoms with Crippen molar-refractivity contribution in [3.8, 4) is 5.69 Å². The molecule has 0 amide bonds. The van der Waals surface area contributed by atoms with E-state index in [1.807, 2.05) is 16.9 Å². The number of aromatic nitrogens is 2. The fourth-order valence-corrected chi connectivity index (χ4v) is 1.71. The summed E-state index contributed by atoms with van der Waals surface area (Å²) in [4.78, 5) is 0. The summed E-state index contributed by atoms with van der Waals surface area (Å²) in [7, 11) is 0. The summed E-state index contributed by atoms with van der Waals surface area (Å²) in [5, 5.41) is 13.3. The summed E-state index contributed by atoms with van der Waals surface area (Å²) in [5.41, 5.74) is 4.44. The van der Waals surface area contributed by atoms with E-state index < -0.39 is 0 Å². The highest BCUT2D eigenvalue weighted by atomic mass is 16.3. The number of aliphatic hydroxyl groups excluding tert-OH is 1. The first-order valence-electron chi connectivity index (χ1n) is 5.44. The van der Waals surface area contributed by atoms with E-state index in [9.17, 15) is 0 Å². The molecule has 1 aromatic carbocycles. The van der Waals surface area contributed by atoms with Gasteiger partial charge in [0.2, 0.25) is 0 Å². The van der Waals surface area contributed by atoms with Crippen LogP contribution in [0.2, 0.25) is 0 Å². The number of hydrogen-bond donors (Lipinski definition) is 1. The highest BCUT2D eigenvalue weighted by molar-refractivity contribution is 5.42. The van der Waals surface area contributed by atoms with Crippen molar-refractivity contribution in [3.63, 3.8) is 0 Å². The van der Waals surface area contributed by atoms with Crippen LogP contribution in [0.1, 0.15) is 16.8 Å². The van der Waals surface area contributed by atoms with Gasteiger partial charge in [0.15, 0.2) is 0 Å². The number of nitrogens with zero attached hydrogens (tertiary/aromatic N) is 2. The zero-order valence-electron chi connectivity index (χ0n) is 9.64. The molecule has 0 fully saturated rings. The molecule has 1 heterocycles. The van der Waals surface area contributed by atoms with Gasteiger partial charge in [-0.25, -0.2) is 4.68 Å². The van der Waals surface area contributed by atoms with Crippen LogP contribution in [0.5, 0.6) is 0 Å². The molecule has 0 saturated carbocycles. The predicted molar refractivity (Wildman–Crippen MR) is 63.8 cm³/mol. The average Bonchev–Trinajstić information content (AvgIpc) is 2.71. The molecular weight excluding hydrogens is 200 g/mol. The Hall–Kier alpha value is -1.61. The van der Waals surface area contributed by atoms with E-state index in [-0.39, 0.29) is 6.61 Å². The Balaban J connectivity index is 2.38. The fraction of sp³-hybridized carbons (Fsp3) is 0.308. The summed E-state index contributed by atoms with van der Waals surface area (Å²) in [5.74, 6) is 0. The van der Waals surface area contributed by atoms with E-state index in [1.54, 1.807) is 0 Å². The minimum absolute atomic E-state index is 0.143. The zero-order valence-corrected chi connectivity index (χ0v) is 9.64. The van der Waals surface area contributed by atoms with E-state index in [1.165, 1.54) is 11.1 Å². The van der Waals surface area contributed by atoms with Gasteiger partial charge in [-0.1, -0.05) is 12.1 Å². The monoisotopic (exact) mass is 216 g/mol. The second-order valence-corrected chi connectivity index (χ2v) is 4.02. The molecule has 2 aromatic rings. The Morgan fingerprint density at radius 2 is 2.06 bits per heavy atom. The predicted octanol–water partition coefficient (Wildman–Crippen LogP) is 2.02. The molecule has 0 aliphatic carbocycles. The SMILES string of the molecule is Cc1ccc(C)c(-n2ccc(CCO)n2)c1. The van der Waals surface area contributed by atoms with Crippen molar-refractivity contribution in [2.24, 2.45) is 0 Å². The van der Waals surface area contributed by atoms with Crippen LogP contribution in [0.15, 0.2) is 30.5 Å². The van der Waals surface area contributed by atoms with Crippen LogP contribution < -0.4 is 0 Å². The zero-order chi connectivity index (χ0) is 11.5. The lowest BCUT2D eigenvalue weighted by Gasteiger charge is -2.06. The second kappa shape index (κ2) is 4.49. The first-order valence-corrected chi connectivity index (χ1v) is 5.44. The Labute approximate surface area is 95.3 Å². The highest BCUT2D eigenvalue weighted by Gasteiger charge is 2.03. The van der Waals surface area contributed by atoms with E-state index >= 15 is 0 Å². The molecule has 0 aliphatic heterocycles. The number of rotatable bonds is 3. The maximum Gasteiger partial charge on any atom is 0.0677 e. The van der Waals surface area contributed by atoms with Gasteiger partial charge in [-0.2, -0.15) is 5.10 Å². The van der Waals surface area contributed by atoms with Crippen molar-refractivity contribution in [2.45, 2.75) is 20.3 Å². The molecule has 3 heteroatoms. The Kier molecular flexibility index (Phi) is 3.06. The molecule has 16 heavy (non-hydrogen) atoms. The van der Waals surface area contributed by atoms with Gasteiger partial charge in [0, 0.05) is 19.2 Å². The molecule has 2 rings (SSSR count). The third-order valence-corrected chi connectivity index (χ3v) is 2.62. The molecular formula is C13H16N2O. The molecule has 0 bridgehead atoms. The molecule has 0 atom stereocenters. The number of aliphatic hydroxyl groups is 1. The Morgan fingerprint density at radius 1 is 1.25 bits per heavy atom. The summed E-state index contributed by atoms with van der Waals surface area (Å²) in [6.45, 7) is 4.28. The third-order valence-electron chi connectivity index (χ3n) is 2.62. The average molecular weight is 216 g/mol. The van der Waals surface area contributed by atoms with Gasteiger partial charge in [0.05, 0.1) is 11.4 Å². The van der Waals surface area contributed by atoms with E-state index in [0.717, 1.165) is 11.4 Å². The fourth-order valence-electron chi connectivity index (χ4n) is 1.71. The lowest BCUT2D eigenvalue weighted by molar-refractivity contribution is 0.298. The third kappa shape index (κ3) is 2.14. The van der Waals surface area contributed by atoms with Crippen LogP contribution in [-0.4, -0.2) is 21.5 Å². The molecule has 0 aliphatic rings. The lowest BCUT2D eigenvalue weighted by atomic mass is 10.1. The van der Waals surface area contributed by atoms with Crippen LogP contribution in [0.25, 0.3) is 5.69 Å². The van der Waals surface area contributed by atoms with Gasteiger partial charge in [-0.05, 0) is 37.1 Å². The van der Waals surface area contributed by atoms with Crippen molar-refractivity contribution < 1.29 is 5.11 Å². The van der Waals surface area contributed by atoms with Crippen LogP contribution in [0, 0.1) is 13.8 Å². The van der Waals surface area contributed by atoms with Crippen LogP contribution in [0.3, 0.4) is 0 Å². The van der Waals surface area contributed by atoms with Gasteiger partial charge in [0.1, 0.15) is 0 Å². The molecule has 3 nitrogen and oxygen atoms in total. The largest absolute Gasteiger partial charge is 0.396 e. The second-order valence-electron chi connectivity index (χ2n) is 4.02. The minimum atomic E-state index is 0.143. The topological polar surface area (TPSA) is 38.0 Å². The quantitative estimate of drug-likeness (QED) is 0.852. The van der Waals surface area contributed by atoms with Crippen molar-refractivity contribution in [1.82, 2.24) is 9.78 Å². The minimum Gasteiger partial charge on any atom is -0.396 e. The number of hydrogen-bond acceptors (Lipinski definition) is 2. The first kappa shape index (κ1) is 10.9. The molecule has 0 spiro atoms. The van der Waals surface area contributed by atoms with Crippen molar-refractivity contribution in [3.05, 3.63) is 47.3 Å². The standard InChI is InChI=1S/C13H16N2O/c1-10-3-4-11(2)13(9-10)15-7-5-12(14-15)6-8-16/h3-5,7,9,16H,6,8H2,1-2H3. The van der Waals surface area contributed by atoms with Gasteiger partial charge in [-0.15, -0.1) is 0 Å². The molecule has 0 saturated heterocycles. The molecule has 1 aromatic heterocycles. The van der Waals surface area contributed by atoms with Crippen molar-refractivity contribution in [1.29, 1.82) is 0 Å². The van der Waals surface area contributed by atoms with Crippen LogP contribution in [-0.2, 0) is 6.42 Å². The van der Waals surface area contributed by atoms with E-state index in [0.29, 0.717) is 6.42 Å². The van der Waals surface area contributed by atoms with Gasteiger partial charge < -0.3 is 5.11 Å². The number of aryl methyl sites for hydroxylation is 2. The molecule has 84 valence electrons. The van der Waals surface area contributed by atoms with Gasteiger partial charge in [0.25, 0.3) is 0 Å². The maximum atomic E-state index is 8.85. The van der Waals surface area contributed by atoms with Crippen molar-refractivity contribution >= 4 is 0 Å². The molecule has 0 unspecified atom stereocenters. The maximum absolute atomic E-state index is 8.85. The summed E-state index contributed by atoms with van der Waals surface area (Å²) < 4.78 is 1.87. The molecule has 1 N–H and O–H groups in total. The highest BCUT2D eigenvalue weighted by Crippen LogP contribution is 2.15. The smallest absolute Gasteiger partial charge is 0.0677 e. The Bertz CT molecular complexity index is 488. The first-order chi connectivity index (χ1) is 7.70. The van der Waals surface area contributed by atoms with Crippen molar-refractivity contribution in [2.75, 3.05) is 6.61 Å². The summed E-state index contributed by atoms with van der Waals surface area (Å²) in [6, 6.07) is 8.25. The van der Waals surface area contributed by atoms with Crippen LogP contribution in [0.4, 0.5) is 0 Å². The van der Waals surface area contributed by atoms with Gasteiger partial charge in [-0.3, -0.25) is 0 Å². The normalized spacial score (nSPS) is 10.7. The Morgan fingerprint density at radius 3 is 2.81 bits per heavy atom. The van der Waals surface area contributed by atoms with E-state index in [2.05, 4.69) is 37.1 Å². The van der Waals surface area contributed by atoms with E-state index in [4.69, 9.17) is 5.11 Å². The summed E-state index contributed by atoms with van der Waals surface area (Å²) >= 11 is 0. The summed E-state index contributed by atoms with van der Waals surface area (Å²) in [6.07, 6.45) is 2.55. The number of benzene rings is 1. The molecule has 0 radical (unpaired) electrons. The lowest BCUT2D eigenvalue weighted by Crippen LogP contribution is -2.00.